The molecule has 0 aliphatic heterocycles. The molecule has 1 atom stereocenters. The Morgan fingerprint density at radius 1 is 1.24 bits per heavy atom. The average Bonchev–Trinajstić information content (AvgIpc) is 2.36. The molecule has 0 aliphatic rings. The SMILES string of the molecule is CCCNC(CCN(CC)CCC)C(=O)OC. The number of nitrogens with one attached hydrogen (secondary N) is 1. The van der Waals surface area contributed by atoms with Crippen molar-refractivity contribution in [2.45, 2.75) is 46.1 Å². The predicted molar refractivity (Wildman–Crippen MR) is 71.1 cm³/mol. The fourth-order valence-electron chi connectivity index (χ4n) is 1.82. The molecule has 0 heterocycles. The Morgan fingerprint density at radius 2 is 1.94 bits per heavy atom. The van der Waals surface area contributed by atoms with Crippen molar-refractivity contribution in [1.82, 2.24) is 10.2 Å². The normalized spacial score (nSPS) is 12.8. The molecule has 0 saturated heterocycles. The summed E-state index contributed by atoms with van der Waals surface area (Å²) >= 11 is 0. The molecule has 17 heavy (non-hydrogen) atoms. The number of carbonyl (C=O) groups excluding carboxylic acids is 1. The summed E-state index contributed by atoms with van der Waals surface area (Å²) in [5, 5.41) is 3.24. The Balaban J connectivity index is 4.08. The van der Waals surface area contributed by atoms with Gasteiger partial charge < -0.3 is 15.0 Å². The lowest BCUT2D eigenvalue weighted by molar-refractivity contribution is -0.143. The van der Waals surface area contributed by atoms with Gasteiger partial charge in [-0.15, -0.1) is 0 Å². The zero-order valence-corrected chi connectivity index (χ0v) is 11.8. The second-order valence-electron chi connectivity index (χ2n) is 4.25. The Bertz CT molecular complexity index is 198. The highest BCUT2D eigenvalue weighted by Crippen LogP contribution is 2.00. The molecule has 0 fully saturated rings. The van der Waals surface area contributed by atoms with Crippen LogP contribution in [-0.4, -0.2) is 50.2 Å². The van der Waals surface area contributed by atoms with Gasteiger partial charge in [-0.2, -0.15) is 0 Å². The van der Waals surface area contributed by atoms with Gasteiger partial charge in [0.15, 0.2) is 0 Å². The van der Waals surface area contributed by atoms with E-state index in [9.17, 15) is 4.79 Å². The molecule has 102 valence electrons. The molecule has 4 heteroatoms. The van der Waals surface area contributed by atoms with E-state index in [1.54, 1.807) is 0 Å². The van der Waals surface area contributed by atoms with Crippen LogP contribution in [0.2, 0.25) is 0 Å². The van der Waals surface area contributed by atoms with E-state index in [0.717, 1.165) is 45.4 Å². The Hall–Kier alpha value is -0.610. The van der Waals surface area contributed by atoms with Gasteiger partial charge in [-0.05, 0) is 38.9 Å². The van der Waals surface area contributed by atoms with Gasteiger partial charge in [0.25, 0.3) is 0 Å². The van der Waals surface area contributed by atoms with Crippen LogP contribution in [0.3, 0.4) is 0 Å². The smallest absolute Gasteiger partial charge is 0.322 e. The van der Waals surface area contributed by atoms with Gasteiger partial charge in [-0.1, -0.05) is 20.8 Å². The highest BCUT2D eigenvalue weighted by molar-refractivity contribution is 5.75. The van der Waals surface area contributed by atoms with Crippen molar-refractivity contribution in [2.24, 2.45) is 0 Å². The minimum Gasteiger partial charge on any atom is -0.468 e. The topological polar surface area (TPSA) is 41.6 Å². The van der Waals surface area contributed by atoms with E-state index < -0.39 is 0 Å². The van der Waals surface area contributed by atoms with Crippen molar-refractivity contribution < 1.29 is 9.53 Å². The van der Waals surface area contributed by atoms with Gasteiger partial charge >= 0.3 is 5.97 Å². The summed E-state index contributed by atoms with van der Waals surface area (Å²) in [5.74, 6) is -0.147. The van der Waals surface area contributed by atoms with Crippen LogP contribution in [0.5, 0.6) is 0 Å². The second kappa shape index (κ2) is 10.5. The monoisotopic (exact) mass is 244 g/mol. The molecule has 1 unspecified atom stereocenters. The van der Waals surface area contributed by atoms with Gasteiger partial charge in [0.1, 0.15) is 6.04 Å². The number of carbonyl (C=O) groups is 1. The fourth-order valence-corrected chi connectivity index (χ4v) is 1.82. The molecule has 0 rings (SSSR count). The van der Waals surface area contributed by atoms with Crippen molar-refractivity contribution in [3.05, 3.63) is 0 Å². The molecular formula is C13H28N2O2. The zero-order chi connectivity index (χ0) is 13.1. The largest absolute Gasteiger partial charge is 0.468 e. The van der Waals surface area contributed by atoms with Gasteiger partial charge in [0.2, 0.25) is 0 Å². The molecule has 0 spiro atoms. The van der Waals surface area contributed by atoms with E-state index in [2.05, 4.69) is 31.0 Å². The molecule has 0 aliphatic carbocycles. The number of rotatable bonds is 10. The molecule has 0 aromatic carbocycles. The first kappa shape index (κ1) is 16.4. The van der Waals surface area contributed by atoms with Crippen LogP contribution in [0, 0.1) is 0 Å². The van der Waals surface area contributed by atoms with Crippen LogP contribution < -0.4 is 5.32 Å². The first-order valence-corrected chi connectivity index (χ1v) is 6.73. The van der Waals surface area contributed by atoms with E-state index >= 15 is 0 Å². The van der Waals surface area contributed by atoms with Crippen LogP contribution in [0.4, 0.5) is 0 Å². The molecule has 0 radical (unpaired) electrons. The number of ether oxygens (including phenoxy) is 1. The highest BCUT2D eigenvalue weighted by atomic mass is 16.5. The van der Waals surface area contributed by atoms with E-state index in [0.29, 0.717) is 0 Å². The van der Waals surface area contributed by atoms with E-state index in [-0.39, 0.29) is 12.0 Å². The van der Waals surface area contributed by atoms with Crippen LogP contribution >= 0.6 is 0 Å². The van der Waals surface area contributed by atoms with Gasteiger partial charge in [-0.3, -0.25) is 4.79 Å². The minimum absolute atomic E-state index is 0.147. The lowest BCUT2D eigenvalue weighted by Crippen LogP contribution is -2.41. The summed E-state index contributed by atoms with van der Waals surface area (Å²) in [6.07, 6.45) is 3.00. The number of methoxy groups -OCH3 is 1. The second-order valence-corrected chi connectivity index (χ2v) is 4.25. The molecule has 0 aromatic rings. The van der Waals surface area contributed by atoms with Crippen LogP contribution in [0.1, 0.15) is 40.0 Å². The molecule has 0 bridgehead atoms. The maximum atomic E-state index is 11.6. The van der Waals surface area contributed by atoms with Crippen molar-refractivity contribution in [2.75, 3.05) is 33.3 Å². The lowest BCUT2D eigenvalue weighted by atomic mass is 10.2. The summed E-state index contributed by atoms with van der Waals surface area (Å²) in [7, 11) is 1.45. The Morgan fingerprint density at radius 3 is 2.41 bits per heavy atom. The third-order valence-electron chi connectivity index (χ3n) is 2.85. The molecule has 0 saturated carbocycles. The van der Waals surface area contributed by atoms with Gasteiger partial charge in [-0.25, -0.2) is 0 Å². The maximum absolute atomic E-state index is 11.6. The molecule has 0 amide bonds. The number of hydrogen-bond donors (Lipinski definition) is 1. The van der Waals surface area contributed by atoms with Crippen molar-refractivity contribution in [3.8, 4) is 0 Å². The van der Waals surface area contributed by atoms with Crippen LogP contribution in [0.25, 0.3) is 0 Å². The third kappa shape index (κ3) is 7.34. The van der Waals surface area contributed by atoms with Crippen molar-refractivity contribution >= 4 is 5.97 Å². The first-order valence-electron chi connectivity index (χ1n) is 6.73. The third-order valence-corrected chi connectivity index (χ3v) is 2.85. The lowest BCUT2D eigenvalue weighted by Gasteiger charge is -2.23. The number of hydrogen-bond acceptors (Lipinski definition) is 4. The van der Waals surface area contributed by atoms with E-state index in [1.807, 2.05) is 0 Å². The van der Waals surface area contributed by atoms with Crippen molar-refractivity contribution in [1.29, 1.82) is 0 Å². The van der Waals surface area contributed by atoms with Crippen LogP contribution in [-0.2, 0) is 9.53 Å². The summed E-state index contributed by atoms with van der Waals surface area (Å²) in [5.41, 5.74) is 0. The molecule has 4 nitrogen and oxygen atoms in total. The van der Waals surface area contributed by atoms with Gasteiger partial charge in [0, 0.05) is 6.54 Å². The molecular weight excluding hydrogens is 216 g/mol. The quantitative estimate of drug-likeness (QED) is 0.593. The predicted octanol–water partition coefficient (Wildman–Crippen LogP) is 1.65. The summed E-state index contributed by atoms with van der Waals surface area (Å²) in [6, 6.07) is -0.161. The fraction of sp³-hybridized carbons (Fsp3) is 0.923. The summed E-state index contributed by atoms with van der Waals surface area (Å²) < 4.78 is 4.82. The minimum atomic E-state index is -0.161. The Kier molecular flexibility index (Phi) is 10.2. The number of esters is 1. The average molecular weight is 244 g/mol. The highest BCUT2D eigenvalue weighted by Gasteiger charge is 2.18. The number of nitrogens with zero attached hydrogens (tertiary/aromatic N) is 1. The summed E-state index contributed by atoms with van der Waals surface area (Å²) in [6.45, 7) is 10.4. The first-order chi connectivity index (χ1) is 8.19. The maximum Gasteiger partial charge on any atom is 0.322 e. The molecule has 1 N–H and O–H groups in total. The van der Waals surface area contributed by atoms with E-state index in [1.165, 1.54) is 7.11 Å². The molecule has 0 aromatic heterocycles. The zero-order valence-electron chi connectivity index (χ0n) is 11.8. The Labute approximate surface area is 106 Å². The van der Waals surface area contributed by atoms with Gasteiger partial charge in [0.05, 0.1) is 7.11 Å². The standard InChI is InChI=1S/C13H28N2O2/c1-5-9-14-12(13(16)17-4)8-11-15(7-3)10-6-2/h12,14H,5-11H2,1-4H3. The van der Waals surface area contributed by atoms with Crippen molar-refractivity contribution in [3.63, 3.8) is 0 Å². The van der Waals surface area contributed by atoms with Crippen LogP contribution in [0.15, 0.2) is 0 Å². The summed E-state index contributed by atoms with van der Waals surface area (Å²) in [4.78, 5) is 13.9. The van der Waals surface area contributed by atoms with E-state index in [4.69, 9.17) is 4.74 Å².